The minimum absolute atomic E-state index is 0.491. The van der Waals surface area contributed by atoms with Crippen molar-refractivity contribution >= 4 is 0 Å². The fourth-order valence-electron chi connectivity index (χ4n) is 2.08. The Morgan fingerprint density at radius 3 is 2.86 bits per heavy atom. The zero-order chi connectivity index (χ0) is 14.5. The van der Waals surface area contributed by atoms with E-state index in [9.17, 15) is 0 Å². The molecule has 0 unspecified atom stereocenters. The van der Waals surface area contributed by atoms with Crippen molar-refractivity contribution in [2.75, 3.05) is 6.54 Å². The van der Waals surface area contributed by atoms with Gasteiger partial charge in [0.05, 0.1) is 11.9 Å². The molecule has 21 heavy (non-hydrogen) atoms. The van der Waals surface area contributed by atoms with Crippen LogP contribution in [-0.2, 0) is 6.54 Å². The maximum absolute atomic E-state index is 5.48. The van der Waals surface area contributed by atoms with Crippen LogP contribution in [0.4, 0.5) is 0 Å². The summed E-state index contributed by atoms with van der Waals surface area (Å²) in [6, 6.07) is 10.6. The Morgan fingerprint density at radius 1 is 1.19 bits per heavy atom. The van der Waals surface area contributed by atoms with Gasteiger partial charge in [0.25, 0.3) is 0 Å². The summed E-state index contributed by atoms with van der Waals surface area (Å²) >= 11 is 0. The fraction of sp³-hybridized carbons (Fsp3) is 0.250. The molecule has 0 spiro atoms. The quantitative estimate of drug-likeness (QED) is 0.706. The van der Waals surface area contributed by atoms with Gasteiger partial charge in [-0.15, -0.1) is 0 Å². The molecule has 0 radical (unpaired) electrons. The van der Waals surface area contributed by atoms with Crippen LogP contribution in [0.3, 0.4) is 0 Å². The first-order chi connectivity index (χ1) is 10.4. The third kappa shape index (κ3) is 3.20. The Kier molecular flexibility index (Phi) is 4.12. The van der Waals surface area contributed by atoms with Crippen LogP contribution in [0.1, 0.15) is 19.0 Å². The molecule has 3 rings (SSSR count). The molecule has 5 nitrogen and oxygen atoms in total. The zero-order valence-corrected chi connectivity index (χ0v) is 12.0. The van der Waals surface area contributed by atoms with E-state index in [1.807, 2.05) is 30.6 Å². The summed E-state index contributed by atoms with van der Waals surface area (Å²) in [6.45, 7) is 3.82. The maximum atomic E-state index is 5.48. The van der Waals surface area contributed by atoms with Crippen molar-refractivity contribution in [3.05, 3.63) is 54.7 Å². The molecule has 108 valence electrons. The van der Waals surface area contributed by atoms with Crippen molar-refractivity contribution in [1.82, 2.24) is 20.1 Å². The third-order valence-electron chi connectivity index (χ3n) is 3.16. The van der Waals surface area contributed by atoms with E-state index in [0.717, 1.165) is 29.8 Å². The predicted molar refractivity (Wildman–Crippen MR) is 81.1 cm³/mol. The number of rotatable bonds is 6. The number of nitrogens with one attached hydrogen (secondary N) is 1. The number of aromatic nitrogens is 3. The van der Waals surface area contributed by atoms with Gasteiger partial charge in [0, 0.05) is 18.3 Å². The van der Waals surface area contributed by atoms with Gasteiger partial charge in [0.1, 0.15) is 6.26 Å². The minimum Gasteiger partial charge on any atom is -0.430 e. The summed E-state index contributed by atoms with van der Waals surface area (Å²) in [7, 11) is 0. The van der Waals surface area contributed by atoms with Crippen LogP contribution in [0, 0.1) is 0 Å². The number of nitrogens with zero attached hydrogens (tertiary/aromatic N) is 3. The molecule has 0 aliphatic heterocycles. The molecule has 0 aliphatic rings. The van der Waals surface area contributed by atoms with Crippen LogP contribution in [-0.4, -0.2) is 21.3 Å². The van der Waals surface area contributed by atoms with E-state index < -0.39 is 0 Å². The molecule has 3 aromatic rings. The normalized spacial score (nSPS) is 10.9. The molecular weight excluding hydrogens is 264 g/mol. The highest BCUT2D eigenvalue weighted by Crippen LogP contribution is 2.19. The molecule has 2 heterocycles. The second-order valence-electron chi connectivity index (χ2n) is 4.84. The minimum atomic E-state index is 0.491. The zero-order valence-electron chi connectivity index (χ0n) is 12.0. The summed E-state index contributed by atoms with van der Waals surface area (Å²) in [5.41, 5.74) is 3.05. The summed E-state index contributed by atoms with van der Waals surface area (Å²) in [5, 5.41) is 7.61. The number of oxazole rings is 1. The summed E-state index contributed by atoms with van der Waals surface area (Å²) in [6.07, 6.45) is 6.51. The fourth-order valence-corrected chi connectivity index (χ4v) is 2.08. The van der Waals surface area contributed by atoms with E-state index in [1.165, 1.54) is 0 Å². The van der Waals surface area contributed by atoms with Crippen molar-refractivity contribution in [3.63, 3.8) is 0 Å². The van der Waals surface area contributed by atoms with E-state index >= 15 is 0 Å². The Balaban J connectivity index is 1.74. The number of hydrogen-bond donors (Lipinski definition) is 1. The van der Waals surface area contributed by atoms with Crippen LogP contribution in [0.15, 0.2) is 53.4 Å². The van der Waals surface area contributed by atoms with Gasteiger partial charge in [-0.1, -0.05) is 37.3 Å². The Hall–Kier alpha value is -2.40. The summed E-state index contributed by atoms with van der Waals surface area (Å²) < 4.78 is 7.14. The Labute approximate surface area is 123 Å². The molecule has 0 saturated heterocycles. The second-order valence-corrected chi connectivity index (χ2v) is 4.84. The maximum Gasteiger partial charge on any atom is 0.322 e. The highest BCUT2D eigenvalue weighted by Gasteiger charge is 2.08. The number of benzene rings is 1. The van der Waals surface area contributed by atoms with Crippen LogP contribution in [0.2, 0.25) is 0 Å². The van der Waals surface area contributed by atoms with Crippen molar-refractivity contribution in [3.8, 4) is 17.1 Å². The van der Waals surface area contributed by atoms with Gasteiger partial charge in [-0.3, -0.25) is 0 Å². The third-order valence-corrected chi connectivity index (χ3v) is 3.16. The van der Waals surface area contributed by atoms with Crippen molar-refractivity contribution in [1.29, 1.82) is 0 Å². The first-order valence-corrected chi connectivity index (χ1v) is 7.12. The lowest BCUT2D eigenvalue weighted by Gasteiger charge is -1.97. The molecule has 1 aromatic carbocycles. The molecule has 1 N–H and O–H groups in total. The van der Waals surface area contributed by atoms with E-state index in [1.54, 1.807) is 10.9 Å². The van der Waals surface area contributed by atoms with Crippen LogP contribution in [0.25, 0.3) is 17.1 Å². The Morgan fingerprint density at radius 2 is 2.05 bits per heavy atom. The lowest BCUT2D eigenvalue weighted by atomic mass is 10.1. The topological polar surface area (TPSA) is 55.9 Å². The van der Waals surface area contributed by atoms with Gasteiger partial charge in [-0.05, 0) is 18.5 Å². The van der Waals surface area contributed by atoms with Crippen LogP contribution in [0.5, 0.6) is 0 Å². The largest absolute Gasteiger partial charge is 0.430 e. The van der Waals surface area contributed by atoms with E-state index in [-0.39, 0.29) is 0 Å². The standard InChI is InChI=1S/C16H18N4O/c1-2-8-17-10-15-12-21-16(19-15)20-11-14(9-18-20)13-6-4-3-5-7-13/h3-7,9,11-12,17H,2,8,10H2,1H3. The average molecular weight is 282 g/mol. The highest BCUT2D eigenvalue weighted by molar-refractivity contribution is 5.61. The lowest BCUT2D eigenvalue weighted by molar-refractivity contribution is 0.509. The summed E-state index contributed by atoms with van der Waals surface area (Å²) in [5.74, 6) is 0. The van der Waals surface area contributed by atoms with Gasteiger partial charge in [-0.25, -0.2) is 0 Å². The van der Waals surface area contributed by atoms with Crippen molar-refractivity contribution in [2.24, 2.45) is 0 Å². The molecule has 2 aromatic heterocycles. The van der Waals surface area contributed by atoms with E-state index in [0.29, 0.717) is 12.6 Å². The smallest absolute Gasteiger partial charge is 0.322 e. The van der Waals surface area contributed by atoms with Crippen molar-refractivity contribution < 1.29 is 4.42 Å². The SMILES string of the molecule is CCCNCc1coc(-n2cc(-c3ccccc3)cn2)n1. The highest BCUT2D eigenvalue weighted by atomic mass is 16.4. The van der Waals surface area contributed by atoms with E-state index in [4.69, 9.17) is 4.42 Å². The first kappa shape index (κ1) is 13.6. The monoisotopic (exact) mass is 282 g/mol. The second kappa shape index (κ2) is 6.37. The van der Waals surface area contributed by atoms with Crippen LogP contribution >= 0.6 is 0 Å². The molecule has 0 amide bonds. The first-order valence-electron chi connectivity index (χ1n) is 7.12. The molecule has 0 atom stereocenters. The predicted octanol–water partition coefficient (Wildman–Crippen LogP) is 3.03. The van der Waals surface area contributed by atoms with E-state index in [2.05, 4.69) is 34.5 Å². The Bertz CT molecular complexity index is 687. The molecule has 5 heteroatoms. The van der Waals surface area contributed by atoms with Gasteiger partial charge in [0.15, 0.2) is 0 Å². The average Bonchev–Trinajstić information content (AvgIpc) is 3.17. The van der Waals surface area contributed by atoms with Crippen molar-refractivity contribution in [2.45, 2.75) is 19.9 Å². The summed E-state index contributed by atoms with van der Waals surface area (Å²) in [4.78, 5) is 4.43. The van der Waals surface area contributed by atoms with Gasteiger partial charge in [0.2, 0.25) is 0 Å². The molecule has 0 fully saturated rings. The van der Waals surface area contributed by atoms with Gasteiger partial charge >= 0.3 is 6.01 Å². The van der Waals surface area contributed by atoms with Crippen LogP contribution < -0.4 is 5.32 Å². The lowest BCUT2D eigenvalue weighted by Crippen LogP contribution is -2.14. The molecule has 0 bridgehead atoms. The van der Waals surface area contributed by atoms with Gasteiger partial charge < -0.3 is 9.73 Å². The number of hydrogen-bond acceptors (Lipinski definition) is 4. The molecule has 0 saturated carbocycles. The van der Waals surface area contributed by atoms with Gasteiger partial charge in [-0.2, -0.15) is 14.8 Å². The molecular formula is C16H18N4O. The molecule has 0 aliphatic carbocycles.